The highest BCUT2D eigenvalue weighted by Crippen LogP contribution is 2.27. The van der Waals surface area contributed by atoms with Crippen molar-refractivity contribution < 1.29 is 4.92 Å². The maximum atomic E-state index is 10.8. The average molecular weight is 265 g/mol. The second-order valence-electron chi connectivity index (χ2n) is 4.72. The van der Waals surface area contributed by atoms with Crippen molar-refractivity contribution in [3.63, 3.8) is 0 Å². The van der Waals surface area contributed by atoms with Gasteiger partial charge in [0.1, 0.15) is 5.69 Å². The van der Waals surface area contributed by atoms with Gasteiger partial charge in [0.15, 0.2) is 0 Å². The number of nitrogen functional groups attached to an aromatic ring is 1. The van der Waals surface area contributed by atoms with Gasteiger partial charge in [-0.1, -0.05) is 26.7 Å². The van der Waals surface area contributed by atoms with E-state index in [1.54, 1.807) is 12.1 Å². The average Bonchev–Trinajstić information content (AvgIpc) is 2.39. The molecule has 0 aliphatic carbocycles. The third-order valence-corrected chi connectivity index (χ3v) is 3.59. The summed E-state index contributed by atoms with van der Waals surface area (Å²) >= 11 is 0. The van der Waals surface area contributed by atoms with Crippen LogP contribution in [0.1, 0.15) is 33.6 Å². The highest BCUT2D eigenvalue weighted by Gasteiger charge is 2.15. The third-order valence-electron chi connectivity index (χ3n) is 3.59. The van der Waals surface area contributed by atoms with Crippen molar-refractivity contribution in [1.82, 2.24) is 0 Å². The molecule has 0 amide bonds. The number of rotatable bonds is 7. The molecule has 1 aromatic rings. The summed E-state index contributed by atoms with van der Waals surface area (Å²) in [7, 11) is 0. The Bertz CT molecular complexity index is 431. The van der Waals surface area contributed by atoms with Gasteiger partial charge in [0, 0.05) is 24.8 Å². The van der Waals surface area contributed by atoms with Crippen molar-refractivity contribution >= 4 is 17.1 Å². The first-order chi connectivity index (χ1) is 9.03. The number of hydrogen-bond acceptors (Lipinski definition) is 4. The Morgan fingerprint density at radius 2 is 1.95 bits per heavy atom. The van der Waals surface area contributed by atoms with Crippen LogP contribution in [-0.2, 0) is 0 Å². The molecule has 0 heterocycles. The van der Waals surface area contributed by atoms with Crippen molar-refractivity contribution in [2.75, 3.05) is 23.7 Å². The molecule has 5 heteroatoms. The molecule has 0 aliphatic heterocycles. The van der Waals surface area contributed by atoms with Gasteiger partial charge in [-0.2, -0.15) is 0 Å². The Morgan fingerprint density at radius 3 is 2.37 bits per heavy atom. The van der Waals surface area contributed by atoms with Crippen molar-refractivity contribution in [2.24, 2.45) is 5.92 Å². The molecule has 0 aromatic heterocycles. The molecule has 0 spiro atoms. The maximum Gasteiger partial charge on any atom is 0.292 e. The molecule has 0 bridgehead atoms. The van der Waals surface area contributed by atoms with E-state index in [1.807, 2.05) is 0 Å². The predicted octanol–water partition coefficient (Wildman–Crippen LogP) is 3.44. The van der Waals surface area contributed by atoms with E-state index in [0.717, 1.165) is 31.6 Å². The SMILES string of the molecule is CCC(CC)CN(CC)c1ccc([N+](=O)[O-])c(N)c1. The summed E-state index contributed by atoms with van der Waals surface area (Å²) in [6, 6.07) is 4.96. The van der Waals surface area contributed by atoms with Crippen molar-refractivity contribution in [1.29, 1.82) is 0 Å². The number of nitro benzene ring substituents is 1. The van der Waals surface area contributed by atoms with Crippen LogP contribution in [0.3, 0.4) is 0 Å². The Labute approximate surface area is 114 Å². The van der Waals surface area contributed by atoms with Crippen LogP contribution in [0.5, 0.6) is 0 Å². The summed E-state index contributed by atoms with van der Waals surface area (Å²) in [6.07, 6.45) is 2.27. The van der Waals surface area contributed by atoms with Crippen molar-refractivity contribution in [3.05, 3.63) is 28.3 Å². The third kappa shape index (κ3) is 3.84. The van der Waals surface area contributed by atoms with Gasteiger partial charge in [0.05, 0.1) is 4.92 Å². The van der Waals surface area contributed by atoms with E-state index in [1.165, 1.54) is 6.07 Å². The van der Waals surface area contributed by atoms with Gasteiger partial charge in [-0.25, -0.2) is 0 Å². The maximum absolute atomic E-state index is 10.8. The standard InChI is InChI=1S/C14H23N3O2/c1-4-11(5-2)10-16(6-3)12-7-8-14(17(18)19)13(15)9-12/h7-9,11H,4-6,10,15H2,1-3H3. The molecule has 1 rings (SSSR count). The van der Waals surface area contributed by atoms with Crippen LogP contribution in [0.25, 0.3) is 0 Å². The van der Waals surface area contributed by atoms with Gasteiger partial charge < -0.3 is 10.6 Å². The largest absolute Gasteiger partial charge is 0.393 e. The lowest BCUT2D eigenvalue weighted by Gasteiger charge is -2.27. The zero-order chi connectivity index (χ0) is 14.4. The molecule has 106 valence electrons. The van der Waals surface area contributed by atoms with Crippen LogP contribution in [0.4, 0.5) is 17.1 Å². The molecule has 0 aliphatic rings. The molecular formula is C14H23N3O2. The van der Waals surface area contributed by atoms with Crippen LogP contribution < -0.4 is 10.6 Å². The Hall–Kier alpha value is -1.78. The number of nitro groups is 1. The van der Waals surface area contributed by atoms with Gasteiger partial charge in [0.25, 0.3) is 5.69 Å². The molecule has 0 fully saturated rings. The molecule has 2 N–H and O–H groups in total. The summed E-state index contributed by atoms with van der Waals surface area (Å²) < 4.78 is 0. The number of nitrogens with two attached hydrogens (primary N) is 1. The van der Waals surface area contributed by atoms with Crippen molar-refractivity contribution in [3.8, 4) is 0 Å². The van der Waals surface area contributed by atoms with Gasteiger partial charge >= 0.3 is 0 Å². The van der Waals surface area contributed by atoms with Crippen LogP contribution in [0.2, 0.25) is 0 Å². The number of hydrogen-bond donors (Lipinski definition) is 1. The van der Waals surface area contributed by atoms with Gasteiger partial charge in [-0.3, -0.25) is 10.1 Å². The minimum Gasteiger partial charge on any atom is -0.393 e. The summed E-state index contributed by atoms with van der Waals surface area (Å²) in [4.78, 5) is 12.5. The van der Waals surface area contributed by atoms with E-state index in [0.29, 0.717) is 5.92 Å². The number of nitrogens with zero attached hydrogens (tertiary/aromatic N) is 2. The highest BCUT2D eigenvalue weighted by molar-refractivity contribution is 5.66. The van der Waals surface area contributed by atoms with E-state index >= 15 is 0 Å². The first kappa shape index (κ1) is 15.3. The summed E-state index contributed by atoms with van der Waals surface area (Å²) in [5.41, 5.74) is 6.90. The normalized spacial score (nSPS) is 10.7. The van der Waals surface area contributed by atoms with Crippen molar-refractivity contribution in [2.45, 2.75) is 33.6 Å². The van der Waals surface area contributed by atoms with Gasteiger partial charge in [-0.05, 0) is 25.0 Å². The monoisotopic (exact) mass is 265 g/mol. The van der Waals surface area contributed by atoms with Gasteiger partial charge in [0.2, 0.25) is 0 Å². The lowest BCUT2D eigenvalue weighted by atomic mass is 10.0. The second kappa shape index (κ2) is 6.97. The summed E-state index contributed by atoms with van der Waals surface area (Å²) in [6.45, 7) is 8.28. The van der Waals surface area contributed by atoms with E-state index in [-0.39, 0.29) is 11.4 Å². The van der Waals surface area contributed by atoms with E-state index in [4.69, 9.17) is 5.73 Å². The summed E-state index contributed by atoms with van der Waals surface area (Å²) in [5, 5.41) is 10.8. The summed E-state index contributed by atoms with van der Waals surface area (Å²) in [5.74, 6) is 0.636. The molecule has 0 radical (unpaired) electrons. The minimum atomic E-state index is -0.448. The molecule has 5 nitrogen and oxygen atoms in total. The quantitative estimate of drug-likeness (QED) is 0.465. The second-order valence-corrected chi connectivity index (χ2v) is 4.72. The fraction of sp³-hybridized carbons (Fsp3) is 0.571. The van der Waals surface area contributed by atoms with Crippen LogP contribution in [0, 0.1) is 16.0 Å². The number of benzene rings is 1. The Balaban J connectivity index is 2.93. The molecule has 1 aromatic carbocycles. The highest BCUT2D eigenvalue weighted by atomic mass is 16.6. The molecule has 0 atom stereocenters. The zero-order valence-corrected chi connectivity index (χ0v) is 11.9. The fourth-order valence-electron chi connectivity index (χ4n) is 2.18. The van der Waals surface area contributed by atoms with E-state index < -0.39 is 4.92 Å². The molecule has 19 heavy (non-hydrogen) atoms. The molecule has 0 unspecified atom stereocenters. The van der Waals surface area contributed by atoms with E-state index in [9.17, 15) is 10.1 Å². The lowest BCUT2D eigenvalue weighted by molar-refractivity contribution is -0.383. The Morgan fingerprint density at radius 1 is 1.32 bits per heavy atom. The van der Waals surface area contributed by atoms with Crippen LogP contribution in [0.15, 0.2) is 18.2 Å². The molecule has 0 saturated carbocycles. The van der Waals surface area contributed by atoms with Crippen LogP contribution in [-0.4, -0.2) is 18.0 Å². The minimum absolute atomic E-state index is 0.0256. The molecule has 0 saturated heterocycles. The predicted molar refractivity (Wildman–Crippen MR) is 79.5 cm³/mol. The topological polar surface area (TPSA) is 72.4 Å². The Kier molecular flexibility index (Phi) is 5.60. The lowest BCUT2D eigenvalue weighted by Crippen LogP contribution is -2.29. The van der Waals surface area contributed by atoms with E-state index in [2.05, 4.69) is 25.7 Å². The van der Waals surface area contributed by atoms with Gasteiger partial charge in [-0.15, -0.1) is 0 Å². The molecular weight excluding hydrogens is 242 g/mol. The zero-order valence-electron chi connectivity index (χ0n) is 11.9. The fourth-order valence-corrected chi connectivity index (χ4v) is 2.18. The smallest absolute Gasteiger partial charge is 0.292 e. The first-order valence-corrected chi connectivity index (χ1v) is 6.82. The van der Waals surface area contributed by atoms with Crippen LogP contribution >= 0.6 is 0 Å². The number of anilines is 2. The first-order valence-electron chi connectivity index (χ1n) is 6.82.